The van der Waals surface area contributed by atoms with Crippen LogP contribution in [0.15, 0.2) is 28.1 Å². The first-order valence-corrected chi connectivity index (χ1v) is 6.48. The predicted molar refractivity (Wildman–Crippen MR) is 67.8 cm³/mol. The van der Waals surface area contributed by atoms with Gasteiger partial charge in [-0.3, -0.25) is 0 Å². The summed E-state index contributed by atoms with van der Waals surface area (Å²) in [5.74, 6) is -0.540. The third-order valence-electron chi connectivity index (χ3n) is 2.49. The van der Waals surface area contributed by atoms with Crippen molar-refractivity contribution in [2.45, 2.75) is 25.9 Å². The lowest BCUT2D eigenvalue weighted by Gasteiger charge is -2.10. The Hall–Kier alpha value is -1.66. The minimum atomic E-state index is -1.07. The van der Waals surface area contributed by atoms with Crippen LogP contribution in [0.5, 0.6) is 0 Å². The Bertz CT molecular complexity index is 507. The lowest BCUT2D eigenvalue weighted by molar-refractivity contribution is 0.0685. The molecule has 0 saturated heterocycles. The first-order valence-electron chi connectivity index (χ1n) is 5.60. The van der Waals surface area contributed by atoms with Crippen molar-refractivity contribution in [1.82, 2.24) is 10.5 Å². The van der Waals surface area contributed by atoms with Crippen molar-refractivity contribution in [2.24, 2.45) is 0 Å². The van der Waals surface area contributed by atoms with Gasteiger partial charge in [-0.05, 0) is 24.8 Å². The standard InChI is InChI=1S/C12H14N2O3S/c1-8(5-10-3-2-4-18-10)13-7-9-6-11(12(15)16)14-17-9/h2-4,6,8,13H,5,7H2,1H3,(H,15,16). The minimum Gasteiger partial charge on any atom is -0.476 e. The number of carbonyl (C=O) groups is 1. The van der Waals surface area contributed by atoms with Gasteiger partial charge in [0.15, 0.2) is 11.5 Å². The first-order chi connectivity index (χ1) is 8.65. The maximum Gasteiger partial charge on any atom is 0.358 e. The van der Waals surface area contributed by atoms with Gasteiger partial charge < -0.3 is 14.9 Å². The molecule has 0 bridgehead atoms. The molecule has 2 aromatic heterocycles. The van der Waals surface area contributed by atoms with Crippen molar-refractivity contribution in [3.05, 3.63) is 39.9 Å². The van der Waals surface area contributed by atoms with Crippen LogP contribution >= 0.6 is 11.3 Å². The van der Waals surface area contributed by atoms with Gasteiger partial charge in [-0.25, -0.2) is 4.79 Å². The highest BCUT2D eigenvalue weighted by Gasteiger charge is 2.11. The number of aromatic nitrogens is 1. The average Bonchev–Trinajstić information content (AvgIpc) is 2.96. The van der Waals surface area contributed by atoms with Crippen LogP contribution in [-0.4, -0.2) is 22.3 Å². The van der Waals surface area contributed by atoms with E-state index in [0.717, 1.165) is 6.42 Å². The third-order valence-corrected chi connectivity index (χ3v) is 3.39. The van der Waals surface area contributed by atoms with Crippen molar-refractivity contribution in [3.8, 4) is 0 Å². The molecule has 0 aliphatic carbocycles. The Kier molecular flexibility index (Phi) is 4.11. The van der Waals surface area contributed by atoms with E-state index in [1.54, 1.807) is 11.3 Å². The molecule has 0 aliphatic rings. The SMILES string of the molecule is CC(Cc1cccs1)NCc1cc(C(=O)O)no1. The molecule has 0 spiro atoms. The number of nitrogens with one attached hydrogen (secondary N) is 1. The summed E-state index contributed by atoms with van der Waals surface area (Å²) >= 11 is 1.73. The second-order valence-electron chi connectivity index (χ2n) is 4.05. The second kappa shape index (κ2) is 5.79. The van der Waals surface area contributed by atoms with E-state index in [-0.39, 0.29) is 5.69 Å². The highest BCUT2D eigenvalue weighted by molar-refractivity contribution is 7.09. The molecule has 96 valence electrons. The van der Waals surface area contributed by atoms with Gasteiger partial charge in [-0.2, -0.15) is 0 Å². The highest BCUT2D eigenvalue weighted by atomic mass is 32.1. The molecule has 0 fully saturated rings. The van der Waals surface area contributed by atoms with Gasteiger partial charge in [0, 0.05) is 17.0 Å². The first kappa shape index (κ1) is 12.8. The van der Waals surface area contributed by atoms with Crippen LogP contribution in [0.4, 0.5) is 0 Å². The summed E-state index contributed by atoms with van der Waals surface area (Å²) in [6.07, 6.45) is 0.942. The molecule has 2 aromatic rings. The zero-order chi connectivity index (χ0) is 13.0. The molecule has 5 nitrogen and oxygen atoms in total. The van der Waals surface area contributed by atoms with Crippen molar-refractivity contribution >= 4 is 17.3 Å². The molecule has 6 heteroatoms. The number of hydrogen-bond donors (Lipinski definition) is 2. The van der Waals surface area contributed by atoms with E-state index in [1.165, 1.54) is 10.9 Å². The zero-order valence-corrected chi connectivity index (χ0v) is 10.7. The Morgan fingerprint density at radius 1 is 1.67 bits per heavy atom. The number of thiophene rings is 1. The van der Waals surface area contributed by atoms with Crippen LogP contribution in [0.25, 0.3) is 0 Å². The van der Waals surface area contributed by atoms with Crippen LogP contribution in [0.3, 0.4) is 0 Å². The average molecular weight is 266 g/mol. The molecule has 0 amide bonds. The largest absolute Gasteiger partial charge is 0.476 e. The van der Waals surface area contributed by atoms with E-state index < -0.39 is 5.97 Å². The zero-order valence-electron chi connectivity index (χ0n) is 9.92. The number of nitrogens with zero attached hydrogens (tertiary/aromatic N) is 1. The molecule has 18 heavy (non-hydrogen) atoms. The number of carboxylic acids is 1. The summed E-state index contributed by atoms with van der Waals surface area (Å²) in [5.41, 5.74) is -0.0577. The Labute approximate surface area is 108 Å². The second-order valence-corrected chi connectivity index (χ2v) is 5.08. The topological polar surface area (TPSA) is 75.4 Å². The summed E-state index contributed by atoms with van der Waals surface area (Å²) in [6, 6.07) is 5.86. The number of aromatic carboxylic acids is 1. The molecule has 0 aliphatic heterocycles. The smallest absolute Gasteiger partial charge is 0.358 e. The maximum atomic E-state index is 10.6. The van der Waals surface area contributed by atoms with E-state index in [0.29, 0.717) is 18.3 Å². The molecule has 0 aromatic carbocycles. The van der Waals surface area contributed by atoms with Crippen LogP contribution in [0, 0.1) is 0 Å². The molecule has 2 heterocycles. The van der Waals surface area contributed by atoms with Crippen LogP contribution in [-0.2, 0) is 13.0 Å². The minimum absolute atomic E-state index is 0.0577. The lowest BCUT2D eigenvalue weighted by atomic mass is 10.2. The summed E-state index contributed by atoms with van der Waals surface area (Å²) in [5, 5.41) is 17.5. The van der Waals surface area contributed by atoms with Gasteiger partial charge in [-0.15, -0.1) is 11.3 Å². The fraction of sp³-hybridized carbons (Fsp3) is 0.333. The van der Waals surface area contributed by atoms with E-state index in [4.69, 9.17) is 9.63 Å². The van der Waals surface area contributed by atoms with Crippen molar-refractivity contribution < 1.29 is 14.4 Å². The van der Waals surface area contributed by atoms with E-state index in [9.17, 15) is 4.79 Å². The van der Waals surface area contributed by atoms with Crippen LogP contribution in [0.1, 0.15) is 28.0 Å². The van der Waals surface area contributed by atoms with Gasteiger partial charge >= 0.3 is 5.97 Å². The highest BCUT2D eigenvalue weighted by Crippen LogP contribution is 2.11. The molecular weight excluding hydrogens is 252 g/mol. The molecule has 1 unspecified atom stereocenters. The molecule has 0 radical (unpaired) electrons. The fourth-order valence-electron chi connectivity index (χ4n) is 1.57. The molecule has 2 rings (SSSR count). The van der Waals surface area contributed by atoms with Gasteiger partial charge in [-0.1, -0.05) is 11.2 Å². The Morgan fingerprint density at radius 2 is 2.50 bits per heavy atom. The quantitative estimate of drug-likeness (QED) is 0.838. The fourth-order valence-corrected chi connectivity index (χ4v) is 2.41. The van der Waals surface area contributed by atoms with Crippen molar-refractivity contribution in [3.63, 3.8) is 0 Å². The van der Waals surface area contributed by atoms with Crippen molar-refractivity contribution in [1.29, 1.82) is 0 Å². The van der Waals surface area contributed by atoms with E-state index in [1.807, 2.05) is 6.07 Å². The van der Waals surface area contributed by atoms with Gasteiger partial charge in [0.25, 0.3) is 0 Å². The van der Waals surface area contributed by atoms with E-state index >= 15 is 0 Å². The summed E-state index contributed by atoms with van der Waals surface area (Å²) in [6.45, 7) is 2.56. The normalized spacial score (nSPS) is 12.5. The van der Waals surface area contributed by atoms with Crippen LogP contribution < -0.4 is 5.32 Å². The lowest BCUT2D eigenvalue weighted by Crippen LogP contribution is -2.27. The Balaban J connectivity index is 1.81. The monoisotopic (exact) mass is 266 g/mol. The van der Waals surface area contributed by atoms with Gasteiger partial charge in [0.1, 0.15) is 0 Å². The summed E-state index contributed by atoms with van der Waals surface area (Å²) in [7, 11) is 0. The number of carboxylic acid groups (broad SMARTS) is 1. The summed E-state index contributed by atoms with van der Waals surface area (Å²) in [4.78, 5) is 11.9. The molecule has 2 N–H and O–H groups in total. The number of rotatable bonds is 6. The number of hydrogen-bond acceptors (Lipinski definition) is 5. The predicted octanol–water partition coefficient (Wildman–Crippen LogP) is 2.16. The van der Waals surface area contributed by atoms with Gasteiger partial charge in [0.05, 0.1) is 6.54 Å². The molecular formula is C12H14N2O3S. The van der Waals surface area contributed by atoms with E-state index in [2.05, 4.69) is 28.8 Å². The maximum absolute atomic E-state index is 10.6. The molecule has 1 atom stereocenters. The van der Waals surface area contributed by atoms with Crippen molar-refractivity contribution in [2.75, 3.05) is 0 Å². The summed E-state index contributed by atoms with van der Waals surface area (Å²) < 4.78 is 4.92. The third kappa shape index (κ3) is 3.41. The van der Waals surface area contributed by atoms with Crippen LogP contribution in [0.2, 0.25) is 0 Å². The Morgan fingerprint density at radius 3 is 3.11 bits per heavy atom. The molecule has 0 saturated carbocycles. The van der Waals surface area contributed by atoms with Gasteiger partial charge in [0.2, 0.25) is 0 Å².